The van der Waals surface area contributed by atoms with Crippen LogP contribution in [0.15, 0.2) is 183 Å². The minimum Gasteiger partial charge on any atom is -0.456 e. The number of hydrogen-bond donors (Lipinski definition) is 1. The van der Waals surface area contributed by atoms with Gasteiger partial charge in [0.15, 0.2) is 6.17 Å². The van der Waals surface area contributed by atoms with Crippen molar-refractivity contribution in [2.75, 3.05) is 0 Å². The number of nitrogens with one attached hydrogen (secondary N) is 1. The van der Waals surface area contributed by atoms with E-state index in [1.54, 1.807) is 0 Å². The second-order valence-electron chi connectivity index (χ2n) is 13.4. The third-order valence-corrected chi connectivity index (χ3v) is 10.3. The average molecular weight is 668 g/mol. The van der Waals surface area contributed by atoms with E-state index in [0.29, 0.717) is 0 Å². The lowest BCUT2D eigenvalue weighted by Crippen LogP contribution is -2.36. The Morgan fingerprint density at radius 2 is 0.962 bits per heavy atom. The molecule has 3 heterocycles. The Bertz CT molecular complexity index is 3110. The second-order valence-corrected chi connectivity index (χ2v) is 13.4. The smallest absolute Gasteiger partial charge is 0.170 e. The van der Waals surface area contributed by atoms with E-state index in [0.717, 1.165) is 83.4 Å². The Morgan fingerprint density at radius 1 is 0.385 bits per heavy atom. The number of rotatable bonds is 4. The zero-order chi connectivity index (χ0) is 34.2. The maximum absolute atomic E-state index is 6.47. The molecule has 1 atom stereocenters. The van der Waals surface area contributed by atoms with E-state index < -0.39 is 6.17 Å². The second kappa shape index (κ2) is 11.3. The summed E-state index contributed by atoms with van der Waals surface area (Å²) in [6.45, 7) is 0. The highest BCUT2D eigenvalue weighted by atomic mass is 16.3. The third kappa shape index (κ3) is 4.56. The summed E-state index contributed by atoms with van der Waals surface area (Å²) in [5.74, 6) is 1.56. The normalized spacial score (nSPS) is 14.7. The first-order chi connectivity index (χ1) is 25.7. The molecule has 1 aliphatic heterocycles. The Hall–Kier alpha value is -6.98. The van der Waals surface area contributed by atoms with Crippen LogP contribution in [0.2, 0.25) is 0 Å². The summed E-state index contributed by atoms with van der Waals surface area (Å²) < 4.78 is 12.6. The summed E-state index contributed by atoms with van der Waals surface area (Å²) in [5.41, 5.74) is 8.62. The lowest BCUT2D eigenvalue weighted by Gasteiger charge is -2.23. The van der Waals surface area contributed by atoms with Gasteiger partial charge < -0.3 is 14.2 Å². The first-order valence-corrected chi connectivity index (χ1v) is 17.5. The molecule has 1 aliphatic rings. The van der Waals surface area contributed by atoms with Gasteiger partial charge in [0, 0.05) is 38.2 Å². The number of para-hydroxylation sites is 1. The fourth-order valence-electron chi connectivity index (χ4n) is 7.78. The fourth-order valence-corrected chi connectivity index (χ4v) is 7.78. The van der Waals surface area contributed by atoms with Crippen molar-refractivity contribution in [3.8, 4) is 11.1 Å². The highest BCUT2D eigenvalue weighted by molar-refractivity contribution is 6.18. The van der Waals surface area contributed by atoms with Gasteiger partial charge in [0.05, 0.1) is 0 Å². The molecule has 244 valence electrons. The van der Waals surface area contributed by atoms with Gasteiger partial charge in [-0.25, -0.2) is 9.98 Å². The zero-order valence-electron chi connectivity index (χ0n) is 27.9. The monoisotopic (exact) mass is 667 g/mol. The molecule has 1 N–H and O–H groups in total. The van der Waals surface area contributed by atoms with Gasteiger partial charge in [0.1, 0.15) is 34.0 Å². The molecular formula is C47H29N3O2. The molecule has 10 aromatic rings. The van der Waals surface area contributed by atoms with Gasteiger partial charge in [-0.05, 0) is 75.1 Å². The molecule has 11 rings (SSSR count). The summed E-state index contributed by atoms with van der Waals surface area (Å²) in [7, 11) is 0. The van der Waals surface area contributed by atoms with Crippen LogP contribution in [0.3, 0.4) is 0 Å². The van der Waals surface area contributed by atoms with E-state index in [9.17, 15) is 0 Å². The molecule has 52 heavy (non-hydrogen) atoms. The van der Waals surface area contributed by atoms with Crippen LogP contribution in [-0.2, 0) is 0 Å². The molecule has 0 saturated carbocycles. The van der Waals surface area contributed by atoms with E-state index in [1.165, 1.54) is 21.5 Å². The highest BCUT2D eigenvalue weighted by Crippen LogP contribution is 2.40. The Balaban J connectivity index is 1.08. The predicted molar refractivity (Wildman–Crippen MR) is 213 cm³/mol. The third-order valence-electron chi connectivity index (χ3n) is 10.3. The van der Waals surface area contributed by atoms with Crippen molar-refractivity contribution in [2.24, 2.45) is 9.98 Å². The molecule has 0 bridgehead atoms. The first kappa shape index (κ1) is 28.8. The van der Waals surface area contributed by atoms with Gasteiger partial charge in [-0.3, -0.25) is 0 Å². The van der Waals surface area contributed by atoms with Crippen molar-refractivity contribution in [3.63, 3.8) is 0 Å². The van der Waals surface area contributed by atoms with Crippen molar-refractivity contribution >= 4 is 77.1 Å². The number of fused-ring (bicyclic) bond motifs is 9. The fraction of sp³-hybridized carbons (Fsp3) is 0.0213. The van der Waals surface area contributed by atoms with E-state index in [1.807, 2.05) is 42.5 Å². The SMILES string of the molecule is c1ccc(C2=NC(c3cccc4oc5ccc(-c6ccc7oc8ccccc8c7c6)cc5c34)N=C(c3ccc4ccc5ccccc5c4c3)N2)cc1. The molecule has 0 fully saturated rings. The van der Waals surface area contributed by atoms with Crippen molar-refractivity contribution in [2.45, 2.75) is 6.17 Å². The average Bonchev–Trinajstić information content (AvgIpc) is 3.78. The lowest BCUT2D eigenvalue weighted by molar-refractivity contribution is 0.667. The number of amidine groups is 2. The zero-order valence-corrected chi connectivity index (χ0v) is 27.9. The van der Waals surface area contributed by atoms with Gasteiger partial charge in [0.25, 0.3) is 0 Å². The summed E-state index contributed by atoms with van der Waals surface area (Å²) in [6.07, 6.45) is -0.503. The standard InChI is InChI=1S/C47H29N3O2/c1-2-10-30(11-3-1)45-48-46(33-20-19-29-18-17-28-9-4-5-12-34(28)37(29)27-33)50-47(49-45)36-14-8-16-43-44(36)39-26-32(22-24-42(39)52-43)31-21-23-41-38(25-31)35-13-6-7-15-40(35)51-41/h1-27,47H,(H,48,49,50). The summed E-state index contributed by atoms with van der Waals surface area (Å²) in [5, 5.41) is 12.7. The van der Waals surface area contributed by atoms with Gasteiger partial charge >= 0.3 is 0 Å². The van der Waals surface area contributed by atoms with Crippen molar-refractivity contribution in [1.29, 1.82) is 0 Å². The summed E-state index contributed by atoms with van der Waals surface area (Å²) >= 11 is 0. The van der Waals surface area contributed by atoms with E-state index in [2.05, 4.69) is 127 Å². The lowest BCUT2D eigenvalue weighted by atomic mass is 9.98. The van der Waals surface area contributed by atoms with E-state index >= 15 is 0 Å². The predicted octanol–water partition coefficient (Wildman–Crippen LogP) is 12.0. The minimum atomic E-state index is -0.503. The van der Waals surface area contributed by atoms with E-state index in [-0.39, 0.29) is 0 Å². The summed E-state index contributed by atoms with van der Waals surface area (Å²) in [4.78, 5) is 10.6. The molecule has 0 spiro atoms. The molecule has 5 heteroatoms. The van der Waals surface area contributed by atoms with Crippen molar-refractivity contribution in [1.82, 2.24) is 5.32 Å². The van der Waals surface area contributed by atoms with E-state index in [4.69, 9.17) is 18.8 Å². The number of benzene rings is 8. The maximum Gasteiger partial charge on any atom is 0.170 e. The topological polar surface area (TPSA) is 63.0 Å². The molecule has 5 nitrogen and oxygen atoms in total. The van der Waals surface area contributed by atoms with Crippen LogP contribution < -0.4 is 5.32 Å². The molecule has 0 saturated heterocycles. The van der Waals surface area contributed by atoms with Gasteiger partial charge in [-0.1, -0.05) is 121 Å². The van der Waals surface area contributed by atoms with Crippen LogP contribution in [0, 0.1) is 0 Å². The number of hydrogen-bond acceptors (Lipinski definition) is 5. The Kier molecular flexibility index (Phi) is 6.25. The van der Waals surface area contributed by atoms with Crippen LogP contribution >= 0.6 is 0 Å². The first-order valence-electron chi connectivity index (χ1n) is 17.5. The minimum absolute atomic E-state index is 0.503. The quantitative estimate of drug-likeness (QED) is 0.190. The molecule has 8 aromatic carbocycles. The number of aliphatic imine (C=N–C) groups is 2. The Morgan fingerprint density at radius 3 is 1.81 bits per heavy atom. The highest BCUT2D eigenvalue weighted by Gasteiger charge is 2.24. The number of nitrogens with zero attached hydrogens (tertiary/aromatic N) is 2. The molecule has 2 aromatic heterocycles. The van der Waals surface area contributed by atoms with Crippen LogP contribution in [0.4, 0.5) is 0 Å². The van der Waals surface area contributed by atoms with Crippen LogP contribution in [0.1, 0.15) is 22.9 Å². The largest absolute Gasteiger partial charge is 0.456 e. The molecule has 0 radical (unpaired) electrons. The van der Waals surface area contributed by atoms with Gasteiger partial charge in [-0.15, -0.1) is 0 Å². The molecule has 1 unspecified atom stereocenters. The van der Waals surface area contributed by atoms with Crippen molar-refractivity contribution in [3.05, 3.63) is 180 Å². The van der Waals surface area contributed by atoms with Gasteiger partial charge in [-0.2, -0.15) is 0 Å². The van der Waals surface area contributed by atoms with Crippen LogP contribution in [0.5, 0.6) is 0 Å². The van der Waals surface area contributed by atoms with Crippen LogP contribution in [-0.4, -0.2) is 11.7 Å². The Labute approximate surface area is 298 Å². The van der Waals surface area contributed by atoms with Crippen molar-refractivity contribution < 1.29 is 8.83 Å². The molecule has 0 amide bonds. The van der Waals surface area contributed by atoms with Gasteiger partial charge in [0.2, 0.25) is 0 Å². The maximum atomic E-state index is 6.47. The molecule has 0 aliphatic carbocycles. The van der Waals surface area contributed by atoms with Crippen LogP contribution in [0.25, 0.3) is 76.5 Å². The number of furan rings is 2. The summed E-state index contributed by atoms with van der Waals surface area (Å²) in [6, 6.07) is 57.0. The molecular weight excluding hydrogens is 639 g/mol.